The van der Waals surface area contributed by atoms with Crippen LogP contribution in [0.25, 0.3) is 0 Å². The maximum absolute atomic E-state index is 12.1. The number of halogens is 1. The maximum atomic E-state index is 12.1. The van der Waals surface area contributed by atoms with Crippen molar-refractivity contribution < 1.29 is 17.9 Å². The number of carbonyl (C=O) groups excluding carboxylic acids is 1. The highest BCUT2D eigenvalue weighted by Gasteiger charge is 2.17. The normalized spacial score (nSPS) is 12.2. The minimum atomic E-state index is -3.62. The Morgan fingerprint density at radius 1 is 1.32 bits per heavy atom. The van der Waals surface area contributed by atoms with Gasteiger partial charge in [-0.1, -0.05) is 17.7 Å². The molecule has 1 aromatic rings. The first-order chi connectivity index (χ1) is 10.0. The average Bonchev–Trinajstić information content (AvgIpc) is 2.36. The van der Waals surface area contributed by atoms with Crippen molar-refractivity contribution in [2.75, 3.05) is 6.54 Å². The second-order valence-corrected chi connectivity index (χ2v) is 8.17. The molecule has 0 spiro atoms. The van der Waals surface area contributed by atoms with Gasteiger partial charge in [-0.2, -0.15) is 0 Å². The Morgan fingerprint density at radius 2 is 1.95 bits per heavy atom. The number of benzene rings is 1. The van der Waals surface area contributed by atoms with E-state index in [4.69, 9.17) is 16.3 Å². The van der Waals surface area contributed by atoms with Crippen LogP contribution in [0, 0.1) is 6.92 Å². The molecule has 5 nitrogen and oxygen atoms in total. The van der Waals surface area contributed by atoms with E-state index in [1.54, 1.807) is 33.8 Å². The predicted molar refractivity (Wildman–Crippen MR) is 86.5 cm³/mol. The molecular weight excluding hydrogens is 326 g/mol. The largest absolute Gasteiger partial charge is 0.460 e. The molecule has 0 amide bonds. The van der Waals surface area contributed by atoms with Gasteiger partial charge in [0.15, 0.2) is 0 Å². The van der Waals surface area contributed by atoms with Crippen LogP contribution in [0.2, 0.25) is 5.02 Å². The highest BCUT2D eigenvalue weighted by Crippen LogP contribution is 2.19. The van der Waals surface area contributed by atoms with E-state index >= 15 is 0 Å². The second kappa shape index (κ2) is 7.44. The van der Waals surface area contributed by atoms with Gasteiger partial charge in [-0.05, 0) is 51.8 Å². The van der Waals surface area contributed by atoms with Crippen LogP contribution in [-0.4, -0.2) is 26.5 Å². The summed E-state index contributed by atoms with van der Waals surface area (Å²) in [5.74, 6) is -0.343. The average molecular weight is 348 g/mol. The van der Waals surface area contributed by atoms with Crippen molar-refractivity contribution >= 4 is 27.6 Å². The van der Waals surface area contributed by atoms with Crippen LogP contribution in [0.15, 0.2) is 23.1 Å². The zero-order valence-electron chi connectivity index (χ0n) is 13.3. The van der Waals surface area contributed by atoms with E-state index in [1.165, 1.54) is 12.1 Å². The molecule has 0 unspecified atom stereocenters. The van der Waals surface area contributed by atoms with E-state index in [9.17, 15) is 13.2 Å². The van der Waals surface area contributed by atoms with Crippen LogP contribution in [-0.2, 0) is 19.6 Å². The lowest BCUT2D eigenvalue weighted by molar-refractivity contribution is -0.154. The fraction of sp³-hybridized carbons (Fsp3) is 0.533. The number of rotatable bonds is 6. The number of carbonyl (C=O) groups is 1. The number of nitrogens with one attached hydrogen (secondary N) is 1. The molecule has 1 rings (SSSR count). The molecule has 0 heterocycles. The van der Waals surface area contributed by atoms with Gasteiger partial charge in [0.1, 0.15) is 5.60 Å². The number of hydrogen-bond acceptors (Lipinski definition) is 4. The van der Waals surface area contributed by atoms with Gasteiger partial charge in [0.25, 0.3) is 0 Å². The molecule has 7 heteroatoms. The van der Waals surface area contributed by atoms with Gasteiger partial charge in [0.05, 0.1) is 4.90 Å². The number of aryl methyl sites for hydroxylation is 1. The fourth-order valence-electron chi connectivity index (χ4n) is 1.66. The van der Waals surface area contributed by atoms with Crippen molar-refractivity contribution in [3.8, 4) is 0 Å². The lowest BCUT2D eigenvalue weighted by Crippen LogP contribution is -2.27. The SMILES string of the molecule is Cc1ccc(S(=O)(=O)NCCCC(=O)OC(C)(C)C)cc1Cl. The van der Waals surface area contributed by atoms with Crippen LogP contribution in [0.5, 0.6) is 0 Å². The van der Waals surface area contributed by atoms with Crippen molar-refractivity contribution in [1.82, 2.24) is 4.72 Å². The first-order valence-corrected chi connectivity index (χ1v) is 8.85. The van der Waals surface area contributed by atoms with Crippen LogP contribution in [0.1, 0.15) is 39.2 Å². The summed E-state index contributed by atoms with van der Waals surface area (Å²) in [6.45, 7) is 7.32. The van der Waals surface area contributed by atoms with E-state index in [2.05, 4.69) is 4.72 Å². The number of ether oxygens (including phenoxy) is 1. The molecule has 0 saturated carbocycles. The van der Waals surface area contributed by atoms with Gasteiger partial charge >= 0.3 is 5.97 Å². The van der Waals surface area contributed by atoms with Crippen molar-refractivity contribution in [1.29, 1.82) is 0 Å². The number of sulfonamides is 1. The summed E-state index contributed by atoms with van der Waals surface area (Å²) in [5.41, 5.74) is 0.278. The summed E-state index contributed by atoms with van der Waals surface area (Å²) in [5, 5.41) is 0.400. The zero-order chi connectivity index (χ0) is 17.0. The first kappa shape index (κ1) is 18.9. The molecule has 0 aromatic heterocycles. The third kappa shape index (κ3) is 6.34. The molecule has 0 bridgehead atoms. The second-order valence-electron chi connectivity index (χ2n) is 6.00. The minimum Gasteiger partial charge on any atom is -0.460 e. The molecular formula is C15H22ClNO4S. The van der Waals surface area contributed by atoms with Gasteiger partial charge < -0.3 is 4.74 Å². The quantitative estimate of drug-likeness (QED) is 0.634. The summed E-state index contributed by atoms with van der Waals surface area (Å²) >= 11 is 5.93. The van der Waals surface area contributed by atoms with Crippen LogP contribution < -0.4 is 4.72 Å². The fourth-order valence-corrected chi connectivity index (χ4v) is 3.00. The van der Waals surface area contributed by atoms with Gasteiger partial charge in [0, 0.05) is 18.0 Å². The molecule has 0 fully saturated rings. The molecule has 1 aromatic carbocycles. The Morgan fingerprint density at radius 3 is 2.50 bits per heavy atom. The smallest absolute Gasteiger partial charge is 0.306 e. The van der Waals surface area contributed by atoms with Crippen molar-refractivity contribution in [2.45, 2.75) is 51.0 Å². The zero-order valence-corrected chi connectivity index (χ0v) is 14.8. The monoisotopic (exact) mass is 347 g/mol. The van der Waals surface area contributed by atoms with Crippen molar-refractivity contribution in [3.63, 3.8) is 0 Å². The minimum absolute atomic E-state index is 0.111. The van der Waals surface area contributed by atoms with Crippen LogP contribution >= 0.6 is 11.6 Å². The van der Waals surface area contributed by atoms with E-state index in [1.807, 2.05) is 0 Å². The molecule has 0 aliphatic rings. The van der Waals surface area contributed by atoms with Gasteiger partial charge in [-0.3, -0.25) is 4.79 Å². The molecule has 0 saturated heterocycles. The van der Waals surface area contributed by atoms with Gasteiger partial charge in [-0.15, -0.1) is 0 Å². The van der Waals surface area contributed by atoms with E-state index in [0.29, 0.717) is 11.4 Å². The summed E-state index contributed by atoms with van der Waals surface area (Å²) < 4.78 is 31.8. The molecule has 1 N–H and O–H groups in total. The Bertz CT molecular complexity index is 635. The summed E-state index contributed by atoms with van der Waals surface area (Å²) in [7, 11) is -3.62. The Hall–Kier alpha value is -1.11. The van der Waals surface area contributed by atoms with Crippen LogP contribution in [0.3, 0.4) is 0 Å². The first-order valence-electron chi connectivity index (χ1n) is 6.99. The van der Waals surface area contributed by atoms with E-state index < -0.39 is 15.6 Å². The Labute approximate surface area is 137 Å². The predicted octanol–water partition coefficient (Wildman–Crippen LogP) is 3.05. The molecule has 0 radical (unpaired) electrons. The third-order valence-electron chi connectivity index (χ3n) is 2.72. The standard InChI is InChI=1S/C15H22ClNO4S/c1-11-7-8-12(10-13(11)16)22(19,20)17-9-5-6-14(18)21-15(2,3)4/h7-8,10,17H,5-6,9H2,1-4H3. The lowest BCUT2D eigenvalue weighted by Gasteiger charge is -2.19. The number of esters is 1. The highest BCUT2D eigenvalue weighted by molar-refractivity contribution is 7.89. The molecule has 22 heavy (non-hydrogen) atoms. The summed E-state index contributed by atoms with van der Waals surface area (Å²) in [6.07, 6.45) is 0.530. The number of hydrogen-bond donors (Lipinski definition) is 1. The summed E-state index contributed by atoms with van der Waals surface area (Å²) in [6, 6.07) is 4.56. The topological polar surface area (TPSA) is 72.5 Å². The molecule has 0 atom stereocenters. The van der Waals surface area contributed by atoms with E-state index in [-0.39, 0.29) is 23.8 Å². The summed E-state index contributed by atoms with van der Waals surface area (Å²) in [4.78, 5) is 11.6. The highest BCUT2D eigenvalue weighted by atomic mass is 35.5. The third-order valence-corrected chi connectivity index (χ3v) is 4.59. The Balaban J connectivity index is 2.50. The Kier molecular flexibility index (Phi) is 6.40. The van der Waals surface area contributed by atoms with Crippen molar-refractivity contribution in [2.24, 2.45) is 0 Å². The molecule has 0 aliphatic heterocycles. The van der Waals surface area contributed by atoms with E-state index in [0.717, 1.165) is 5.56 Å². The molecule has 0 aliphatic carbocycles. The lowest BCUT2D eigenvalue weighted by atomic mass is 10.2. The van der Waals surface area contributed by atoms with Crippen LogP contribution in [0.4, 0.5) is 0 Å². The molecule has 124 valence electrons. The van der Waals surface area contributed by atoms with Gasteiger partial charge in [-0.25, -0.2) is 13.1 Å². The van der Waals surface area contributed by atoms with Crippen molar-refractivity contribution in [3.05, 3.63) is 28.8 Å². The maximum Gasteiger partial charge on any atom is 0.306 e. The van der Waals surface area contributed by atoms with Gasteiger partial charge in [0.2, 0.25) is 10.0 Å².